The van der Waals surface area contributed by atoms with Crippen molar-refractivity contribution >= 4 is 5.91 Å². The molecule has 0 aliphatic carbocycles. The van der Waals surface area contributed by atoms with Crippen molar-refractivity contribution in [2.24, 2.45) is 11.1 Å². The van der Waals surface area contributed by atoms with Crippen LogP contribution in [0, 0.1) is 26.2 Å². The number of carbonyl (C=O) groups excluding carboxylic acids is 1. The first-order valence-electron chi connectivity index (χ1n) is 5.74. The van der Waals surface area contributed by atoms with Gasteiger partial charge in [0.15, 0.2) is 0 Å². The standard InChI is InChI=1S/C14H21NO2/c1-9-6-10(2)12(11(3)7-9)17-8-14(4,5)13(15)16/h6-7H,8H2,1-5H3,(H2,15,16). The molecule has 94 valence electrons. The second-order valence-corrected chi connectivity index (χ2v) is 5.26. The highest BCUT2D eigenvalue weighted by Gasteiger charge is 2.26. The first-order valence-corrected chi connectivity index (χ1v) is 5.74. The average Bonchev–Trinajstić information content (AvgIpc) is 2.15. The Labute approximate surface area is 103 Å². The number of carbonyl (C=O) groups is 1. The number of amides is 1. The summed E-state index contributed by atoms with van der Waals surface area (Å²) in [5, 5.41) is 0. The van der Waals surface area contributed by atoms with Crippen LogP contribution in [-0.2, 0) is 4.79 Å². The minimum atomic E-state index is -0.649. The van der Waals surface area contributed by atoms with Gasteiger partial charge in [0.2, 0.25) is 5.91 Å². The van der Waals surface area contributed by atoms with Crippen LogP contribution in [0.5, 0.6) is 5.75 Å². The van der Waals surface area contributed by atoms with Crippen molar-refractivity contribution in [3.8, 4) is 5.75 Å². The van der Waals surface area contributed by atoms with Crippen LogP contribution in [0.2, 0.25) is 0 Å². The molecule has 17 heavy (non-hydrogen) atoms. The molecular formula is C14H21NO2. The number of ether oxygens (including phenoxy) is 1. The summed E-state index contributed by atoms with van der Waals surface area (Å²) in [4.78, 5) is 11.2. The number of aryl methyl sites for hydroxylation is 3. The van der Waals surface area contributed by atoms with Gasteiger partial charge in [0.1, 0.15) is 12.4 Å². The normalized spacial score (nSPS) is 11.4. The van der Waals surface area contributed by atoms with Gasteiger partial charge in [-0.05, 0) is 45.7 Å². The van der Waals surface area contributed by atoms with Gasteiger partial charge in [-0.3, -0.25) is 4.79 Å². The van der Waals surface area contributed by atoms with Gasteiger partial charge in [-0.15, -0.1) is 0 Å². The molecule has 0 atom stereocenters. The second-order valence-electron chi connectivity index (χ2n) is 5.26. The molecule has 0 heterocycles. The molecule has 1 aromatic carbocycles. The van der Waals surface area contributed by atoms with Gasteiger partial charge in [0.05, 0.1) is 5.41 Å². The van der Waals surface area contributed by atoms with E-state index < -0.39 is 5.41 Å². The molecule has 1 aromatic rings. The second kappa shape index (κ2) is 4.78. The fourth-order valence-corrected chi connectivity index (χ4v) is 1.72. The summed E-state index contributed by atoms with van der Waals surface area (Å²) < 4.78 is 5.75. The Morgan fingerprint density at radius 3 is 2.12 bits per heavy atom. The summed E-state index contributed by atoms with van der Waals surface area (Å²) in [6.45, 7) is 9.94. The summed E-state index contributed by atoms with van der Waals surface area (Å²) >= 11 is 0. The van der Waals surface area contributed by atoms with Crippen LogP contribution in [0.25, 0.3) is 0 Å². The summed E-state index contributed by atoms with van der Waals surface area (Å²) in [6, 6.07) is 4.14. The van der Waals surface area contributed by atoms with Crippen LogP contribution in [0.4, 0.5) is 0 Å². The highest BCUT2D eigenvalue weighted by atomic mass is 16.5. The molecule has 0 spiro atoms. The predicted molar refractivity (Wildman–Crippen MR) is 69.1 cm³/mol. The Morgan fingerprint density at radius 1 is 1.24 bits per heavy atom. The van der Waals surface area contributed by atoms with Crippen molar-refractivity contribution in [2.45, 2.75) is 34.6 Å². The number of hydrogen-bond acceptors (Lipinski definition) is 2. The van der Waals surface area contributed by atoms with E-state index in [9.17, 15) is 4.79 Å². The SMILES string of the molecule is Cc1cc(C)c(OCC(C)(C)C(N)=O)c(C)c1. The monoisotopic (exact) mass is 235 g/mol. The first-order chi connectivity index (χ1) is 7.74. The van der Waals surface area contributed by atoms with E-state index >= 15 is 0 Å². The third-order valence-corrected chi connectivity index (χ3v) is 2.85. The fourth-order valence-electron chi connectivity index (χ4n) is 1.72. The minimum Gasteiger partial charge on any atom is -0.492 e. The highest BCUT2D eigenvalue weighted by molar-refractivity contribution is 5.80. The van der Waals surface area contributed by atoms with Crippen molar-refractivity contribution in [2.75, 3.05) is 6.61 Å². The van der Waals surface area contributed by atoms with Crippen molar-refractivity contribution in [1.29, 1.82) is 0 Å². The van der Waals surface area contributed by atoms with Crippen LogP contribution in [0.1, 0.15) is 30.5 Å². The Hall–Kier alpha value is -1.51. The lowest BCUT2D eigenvalue weighted by atomic mass is 9.94. The van der Waals surface area contributed by atoms with Crippen LogP contribution in [-0.4, -0.2) is 12.5 Å². The lowest BCUT2D eigenvalue weighted by molar-refractivity contribution is -0.127. The topological polar surface area (TPSA) is 52.3 Å². The van der Waals surface area contributed by atoms with Gasteiger partial charge in [0.25, 0.3) is 0 Å². The van der Waals surface area contributed by atoms with E-state index in [1.165, 1.54) is 5.56 Å². The Morgan fingerprint density at radius 2 is 1.71 bits per heavy atom. The van der Waals surface area contributed by atoms with E-state index in [2.05, 4.69) is 19.1 Å². The summed E-state index contributed by atoms with van der Waals surface area (Å²) in [5.74, 6) is 0.504. The lowest BCUT2D eigenvalue weighted by Gasteiger charge is -2.22. The highest BCUT2D eigenvalue weighted by Crippen LogP contribution is 2.26. The van der Waals surface area contributed by atoms with Crippen LogP contribution in [0.15, 0.2) is 12.1 Å². The van der Waals surface area contributed by atoms with Crippen molar-refractivity contribution in [3.63, 3.8) is 0 Å². The molecule has 1 rings (SSSR count). The first kappa shape index (κ1) is 13.6. The molecule has 0 bridgehead atoms. The Kier molecular flexibility index (Phi) is 3.81. The smallest absolute Gasteiger partial charge is 0.226 e. The molecule has 1 amide bonds. The largest absolute Gasteiger partial charge is 0.492 e. The summed E-state index contributed by atoms with van der Waals surface area (Å²) in [7, 11) is 0. The van der Waals surface area contributed by atoms with Gasteiger partial charge < -0.3 is 10.5 Å². The zero-order valence-electron chi connectivity index (χ0n) is 11.3. The molecule has 0 unspecified atom stereocenters. The third kappa shape index (κ3) is 3.22. The maximum atomic E-state index is 11.2. The van der Waals surface area contributed by atoms with Crippen molar-refractivity contribution in [3.05, 3.63) is 28.8 Å². The molecule has 3 heteroatoms. The average molecular weight is 235 g/mol. The maximum absolute atomic E-state index is 11.2. The number of rotatable bonds is 4. The lowest BCUT2D eigenvalue weighted by Crippen LogP contribution is -2.36. The Balaban J connectivity index is 2.87. The quantitative estimate of drug-likeness (QED) is 0.871. The number of hydrogen-bond donors (Lipinski definition) is 1. The summed E-state index contributed by atoms with van der Waals surface area (Å²) in [5.41, 5.74) is 8.05. The third-order valence-electron chi connectivity index (χ3n) is 2.85. The van der Waals surface area contributed by atoms with Gasteiger partial charge in [-0.1, -0.05) is 17.7 Å². The molecule has 0 radical (unpaired) electrons. The maximum Gasteiger partial charge on any atom is 0.226 e. The van der Waals surface area contributed by atoms with E-state index in [4.69, 9.17) is 10.5 Å². The van der Waals surface area contributed by atoms with Crippen LogP contribution >= 0.6 is 0 Å². The molecule has 2 N–H and O–H groups in total. The molecule has 0 aliphatic rings. The molecule has 0 aromatic heterocycles. The van der Waals surface area contributed by atoms with Gasteiger partial charge in [0, 0.05) is 0 Å². The molecule has 0 saturated heterocycles. The fraction of sp³-hybridized carbons (Fsp3) is 0.500. The van der Waals surface area contributed by atoms with Gasteiger partial charge in [-0.25, -0.2) is 0 Å². The van der Waals surface area contributed by atoms with E-state index in [0.717, 1.165) is 16.9 Å². The molecule has 0 fully saturated rings. The van der Waals surface area contributed by atoms with Gasteiger partial charge in [-0.2, -0.15) is 0 Å². The number of benzene rings is 1. The van der Waals surface area contributed by atoms with E-state index in [1.807, 2.05) is 13.8 Å². The van der Waals surface area contributed by atoms with E-state index in [1.54, 1.807) is 13.8 Å². The van der Waals surface area contributed by atoms with Crippen LogP contribution in [0.3, 0.4) is 0 Å². The van der Waals surface area contributed by atoms with Crippen molar-refractivity contribution < 1.29 is 9.53 Å². The predicted octanol–water partition coefficient (Wildman–Crippen LogP) is 2.50. The zero-order valence-corrected chi connectivity index (χ0v) is 11.3. The van der Waals surface area contributed by atoms with Crippen LogP contribution < -0.4 is 10.5 Å². The number of primary amides is 1. The molecule has 0 aliphatic heterocycles. The zero-order chi connectivity index (χ0) is 13.2. The molecular weight excluding hydrogens is 214 g/mol. The Bertz CT molecular complexity index is 413. The summed E-state index contributed by atoms with van der Waals surface area (Å²) in [6.07, 6.45) is 0. The van der Waals surface area contributed by atoms with Gasteiger partial charge >= 0.3 is 0 Å². The molecule has 3 nitrogen and oxygen atoms in total. The minimum absolute atomic E-state index is 0.299. The van der Waals surface area contributed by atoms with Crippen molar-refractivity contribution in [1.82, 2.24) is 0 Å². The van der Waals surface area contributed by atoms with E-state index in [-0.39, 0.29) is 5.91 Å². The molecule has 0 saturated carbocycles. The number of nitrogens with two attached hydrogens (primary N) is 1. The van der Waals surface area contributed by atoms with E-state index in [0.29, 0.717) is 6.61 Å².